The lowest BCUT2D eigenvalue weighted by molar-refractivity contribution is 0.127. The number of pyridine rings is 1. The molecule has 1 aliphatic heterocycles. The maximum absolute atomic E-state index is 10.4. The summed E-state index contributed by atoms with van der Waals surface area (Å²) in [5.74, 6) is 1.78. The van der Waals surface area contributed by atoms with Crippen molar-refractivity contribution in [3.8, 4) is 5.75 Å². The zero-order valence-corrected chi connectivity index (χ0v) is 10.5. The first-order valence-corrected chi connectivity index (χ1v) is 6.47. The number of hydrogen-bond donors (Lipinski definition) is 1. The highest BCUT2D eigenvalue weighted by Gasteiger charge is 2.39. The molecule has 0 radical (unpaired) electrons. The number of rotatable bonds is 3. The number of methoxy groups -OCH3 is 1. The van der Waals surface area contributed by atoms with E-state index in [-0.39, 0.29) is 4.75 Å². The maximum Gasteiger partial charge on any atom is 0.143 e. The number of hydrogen-bond acceptors (Lipinski definition) is 4. The van der Waals surface area contributed by atoms with Crippen LogP contribution in [0.15, 0.2) is 18.3 Å². The van der Waals surface area contributed by atoms with Gasteiger partial charge in [0.25, 0.3) is 0 Å². The number of ether oxygens (including phenoxy) is 1. The lowest BCUT2D eigenvalue weighted by Gasteiger charge is -2.29. The van der Waals surface area contributed by atoms with Crippen LogP contribution in [0, 0.1) is 0 Å². The van der Waals surface area contributed by atoms with Gasteiger partial charge in [-0.3, -0.25) is 4.98 Å². The van der Waals surface area contributed by atoms with E-state index in [4.69, 9.17) is 4.74 Å². The molecule has 16 heavy (non-hydrogen) atoms. The lowest BCUT2D eigenvalue weighted by Crippen LogP contribution is -2.27. The quantitative estimate of drug-likeness (QED) is 0.879. The first-order chi connectivity index (χ1) is 7.67. The maximum atomic E-state index is 10.4. The fraction of sp³-hybridized carbons (Fsp3) is 0.583. The van der Waals surface area contributed by atoms with Gasteiger partial charge < -0.3 is 9.84 Å². The second kappa shape index (κ2) is 4.63. The van der Waals surface area contributed by atoms with Gasteiger partial charge in [-0.2, -0.15) is 11.8 Å². The van der Waals surface area contributed by atoms with E-state index < -0.39 is 6.10 Å². The third-order valence-corrected chi connectivity index (χ3v) is 4.69. The molecule has 1 fully saturated rings. The molecule has 0 aromatic carbocycles. The Morgan fingerprint density at radius 2 is 2.44 bits per heavy atom. The number of aliphatic hydroxyl groups excluding tert-OH is 1. The molecule has 1 aromatic heterocycles. The largest absolute Gasteiger partial charge is 0.495 e. The van der Waals surface area contributed by atoms with Crippen molar-refractivity contribution in [3.63, 3.8) is 0 Å². The number of aromatic nitrogens is 1. The summed E-state index contributed by atoms with van der Waals surface area (Å²) in [5.41, 5.74) is 0.655. The van der Waals surface area contributed by atoms with E-state index in [0.717, 1.165) is 18.6 Å². The van der Waals surface area contributed by atoms with Gasteiger partial charge in [0.15, 0.2) is 0 Å². The van der Waals surface area contributed by atoms with Crippen molar-refractivity contribution in [2.75, 3.05) is 12.9 Å². The summed E-state index contributed by atoms with van der Waals surface area (Å²) >= 11 is 1.82. The minimum atomic E-state index is -0.559. The highest BCUT2D eigenvalue weighted by molar-refractivity contribution is 8.00. The minimum Gasteiger partial charge on any atom is -0.495 e. The molecule has 0 bridgehead atoms. The van der Waals surface area contributed by atoms with Crippen molar-refractivity contribution in [2.45, 2.75) is 30.6 Å². The van der Waals surface area contributed by atoms with Crippen molar-refractivity contribution < 1.29 is 9.84 Å². The molecular formula is C12H17NO2S. The molecule has 1 N–H and O–H groups in total. The third-order valence-electron chi connectivity index (χ3n) is 3.11. The molecule has 0 amide bonds. The van der Waals surface area contributed by atoms with E-state index in [0.29, 0.717) is 11.4 Å². The summed E-state index contributed by atoms with van der Waals surface area (Å²) < 4.78 is 5.12. The van der Waals surface area contributed by atoms with Crippen LogP contribution in [-0.2, 0) is 0 Å². The highest BCUT2D eigenvalue weighted by atomic mass is 32.2. The van der Waals surface area contributed by atoms with Crippen molar-refractivity contribution >= 4 is 11.8 Å². The molecule has 1 aliphatic rings. The molecule has 0 aliphatic carbocycles. The SMILES string of the molecule is COc1cccnc1C(O)C1(C)CCCS1. The first kappa shape index (κ1) is 11.7. The van der Waals surface area contributed by atoms with Crippen molar-refractivity contribution in [2.24, 2.45) is 0 Å². The Morgan fingerprint density at radius 3 is 3.06 bits per heavy atom. The molecule has 2 atom stereocenters. The molecule has 0 spiro atoms. The molecule has 2 rings (SSSR count). The Balaban J connectivity index is 2.29. The lowest BCUT2D eigenvalue weighted by atomic mass is 9.95. The summed E-state index contributed by atoms with van der Waals surface area (Å²) in [6, 6.07) is 3.66. The van der Waals surface area contributed by atoms with Crippen LogP contribution in [0.4, 0.5) is 0 Å². The van der Waals surface area contributed by atoms with Crippen molar-refractivity contribution in [1.29, 1.82) is 0 Å². The highest BCUT2D eigenvalue weighted by Crippen LogP contribution is 2.47. The average molecular weight is 239 g/mol. The molecule has 4 heteroatoms. The molecule has 1 aromatic rings. The summed E-state index contributed by atoms with van der Waals surface area (Å²) in [6.45, 7) is 2.10. The van der Waals surface area contributed by atoms with E-state index in [1.54, 1.807) is 13.3 Å². The summed E-state index contributed by atoms with van der Waals surface area (Å²) in [6.07, 6.45) is 3.33. The van der Waals surface area contributed by atoms with Crippen molar-refractivity contribution in [3.05, 3.63) is 24.0 Å². The number of nitrogens with zero attached hydrogens (tertiary/aromatic N) is 1. The van der Waals surface area contributed by atoms with Gasteiger partial charge in [-0.05, 0) is 37.7 Å². The number of aliphatic hydroxyl groups is 1. The van der Waals surface area contributed by atoms with E-state index in [2.05, 4.69) is 11.9 Å². The Morgan fingerprint density at radius 1 is 1.62 bits per heavy atom. The second-order valence-corrected chi connectivity index (χ2v) is 5.89. The summed E-state index contributed by atoms with van der Waals surface area (Å²) in [4.78, 5) is 4.25. The Bertz CT molecular complexity index is 364. The second-order valence-electron chi connectivity index (χ2n) is 4.26. The van der Waals surface area contributed by atoms with Gasteiger partial charge in [-0.25, -0.2) is 0 Å². The fourth-order valence-electron chi connectivity index (χ4n) is 2.09. The van der Waals surface area contributed by atoms with Gasteiger partial charge in [0.1, 0.15) is 17.5 Å². The van der Waals surface area contributed by atoms with Gasteiger partial charge in [-0.15, -0.1) is 0 Å². The Hall–Kier alpha value is -0.740. The van der Waals surface area contributed by atoms with Crippen LogP contribution < -0.4 is 4.74 Å². The fourth-order valence-corrected chi connectivity index (χ4v) is 3.40. The minimum absolute atomic E-state index is 0.123. The topological polar surface area (TPSA) is 42.4 Å². The van der Waals surface area contributed by atoms with E-state index in [1.165, 1.54) is 0 Å². The molecule has 88 valence electrons. The van der Waals surface area contributed by atoms with Crippen LogP contribution in [0.5, 0.6) is 5.75 Å². The van der Waals surface area contributed by atoms with E-state index >= 15 is 0 Å². The normalized spacial score (nSPS) is 26.7. The van der Waals surface area contributed by atoms with Crippen LogP contribution in [0.3, 0.4) is 0 Å². The van der Waals surface area contributed by atoms with Crippen LogP contribution in [-0.4, -0.2) is 27.7 Å². The monoisotopic (exact) mass is 239 g/mol. The van der Waals surface area contributed by atoms with Crippen LogP contribution >= 0.6 is 11.8 Å². The standard InChI is InChI=1S/C12H17NO2S/c1-12(6-4-8-16-12)11(14)10-9(15-2)5-3-7-13-10/h3,5,7,11,14H,4,6,8H2,1-2H3. The first-order valence-electron chi connectivity index (χ1n) is 5.48. The third kappa shape index (κ3) is 2.04. The van der Waals surface area contributed by atoms with Gasteiger partial charge in [-0.1, -0.05) is 0 Å². The van der Waals surface area contributed by atoms with Crippen LogP contribution in [0.2, 0.25) is 0 Å². The van der Waals surface area contributed by atoms with Gasteiger partial charge in [0.05, 0.1) is 7.11 Å². The summed E-state index contributed by atoms with van der Waals surface area (Å²) in [5, 5.41) is 10.4. The predicted octanol–water partition coefficient (Wildman–Crippen LogP) is 2.41. The molecule has 1 saturated heterocycles. The van der Waals surface area contributed by atoms with Gasteiger partial charge in [0, 0.05) is 10.9 Å². The summed E-state index contributed by atoms with van der Waals surface area (Å²) in [7, 11) is 1.61. The van der Waals surface area contributed by atoms with Gasteiger partial charge in [0.2, 0.25) is 0 Å². The number of thioether (sulfide) groups is 1. The predicted molar refractivity (Wildman–Crippen MR) is 65.8 cm³/mol. The molecule has 2 heterocycles. The zero-order valence-electron chi connectivity index (χ0n) is 9.64. The van der Waals surface area contributed by atoms with Crippen LogP contribution in [0.25, 0.3) is 0 Å². The Labute approximate surface area is 100 Å². The molecule has 2 unspecified atom stereocenters. The average Bonchev–Trinajstić information content (AvgIpc) is 2.76. The van der Waals surface area contributed by atoms with E-state index in [1.807, 2.05) is 23.9 Å². The Kier molecular flexibility index (Phi) is 3.40. The molecule has 3 nitrogen and oxygen atoms in total. The molecular weight excluding hydrogens is 222 g/mol. The molecule has 0 saturated carbocycles. The van der Waals surface area contributed by atoms with E-state index in [9.17, 15) is 5.11 Å². The zero-order chi connectivity index (χ0) is 11.6. The van der Waals surface area contributed by atoms with Crippen molar-refractivity contribution in [1.82, 2.24) is 4.98 Å². The van der Waals surface area contributed by atoms with Crippen LogP contribution in [0.1, 0.15) is 31.6 Å². The van der Waals surface area contributed by atoms with Gasteiger partial charge >= 0.3 is 0 Å². The smallest absolute Gasteiger partial charge is 0.143 e.